The molecule has 0 atom stereocenters. The van der Waals surface area contributed by atoms with Crippen LogP contribution in [-0.4, -0.2) is 15.7 Å². The normalized spacial score (nSPS) is 16.0. The molecule has 0 unspecified atom stereocenters. The minimum Gasteiger partial charge on any atom is -0.395 e. The van der Waals surface area contributed by atoms with Gasteiger partial charge < -0.3 is 11.5 Å². The number of aryl methyl sites for hydroxylation is 1. The van der Waals surface area contributed by atoms with Crippen LogP contribution in [0, 0.1) is 0 Å². The van der Waals surface area contributed by atoms with E-state index in [1.807, 2.05) is 4.68 Å². The Morgan fingerprint density at radius 3 is 2.86 bits per heavy atom. The molecule has 0 saturated carbocycles. The number of primary amides is 1. The number of amides is 1. The Hall–Kier alpha value is -1.52. The maximum Gasteiger partial charge on any atom is 0.271 e. The Morgan fingerprint density at radius 2 is 2.14 bits per heavy atom. The van der Waals surface area contributed by atoms with E-state index in [0.29, 0.717) is 5.69 Å². The summed E-state index contributed by atoms with van der Waals surface area (Å²) in [5.74, 6) is -0.539. The van der Waals surface area contributed by atoms with Gasteiger partial charge in [-0.25, -0.2) is 0 Å². The number of nitrogens with zero attached hydrogens (tertiary/aromatic N) is 2. The molecular formula is C9H14N4O. The molecule has 1 aliphatic heterocycles. The SMILES string of the molecule is NC(=O)c1nn2c(c1N)CCCCC2. The molecule has 0 fully saturated rings. The van der Waals surface area contributed by atoms with Gasteiger partial charge in [0.25, 0.3) is 5.91 Å². The average Bonchev–Trinajstić information content (AvgIpc) is 2.37. The Bertz CT molecular complexity index is 369. The molecule has 14 heavy (non-hydrogen) atoms. The van der Waals surface area contributed by atoms with Crippen LogP contribution in [0.5, 0.6) is 0 Å². The first-order valence-electron chi connectivity index (χ1n) is 4.85. The van der Waals surface area contributed by atoms with Gasteiger partial charge in [0, 0.05) is 6.54 Å². The van der Waals surface area contributed by atoms with Crippen molar-refractivity contribution < 1.29 is 4.79 Å². The monoisotopic (exact) mass is 194 g/mol. The fourth-order valence-corrected chi connectivity index (χ4v) is 1.87. The Kier molecular flexibility index (Phi) is 2.15. The molecule has 0 aromatic carbocycles. The molecule has 0 bridgehead atoms. The lowest BCUT2D eigenvalue weighted by atomic mass is 10.1. The van der Waals surface area contributed by atoms with Crippen LogP contribution < -0.4 is 11.5 Å². The van der Waals surface area contributed by atoms with Crippen molar-refractivity contribution in [2.75, 3.05) is 5.73 Å². The van der Waals surface area contributed by atoms with Crippen LogP contribution in [0.3, 0.4) is 0 Å². The molecule has 5 nitrogen and oxygen atoms in total. The largest absolute Gasteiger partial charge is 0.395 e. The molecule has 0 spiro atoms. The number of carbonyl (C=O) groups excluding carboxylic acids is 1. The summed E-state index contributed by atoms with van der Waals surface area (Å²) in [6, 6.07) is 0. The Labute approximate surface area is 82.1 Å². The number of aromatic nitrogens is 2. The molecule has 2 heterocycles. The summed E-state index contributed by atoms with van der Waals surface area (Å²) in [5.41, 5.74) is 12.6. The van der Waals surface area contributed by atoms with Crippen molar-refractivity contribution in [3.63, 3.8) is 0 Å². The quantitative estimate of drug-likeness (QED) is 0.673. The van der Waals surface area contributed by atoms with Gasteiger partial charge in [-0.3, -0.25) is 9.48 Å². The van der Waals surface area contributed by atoms with Gasteiger partial charge in [-0.1, -0.05) is 6.42 Å². The van der Waals surface area contributed by atoms with E-state index in [4.69, 9.17) is 11.5 Å². The highest BCUT2D eigenvalue weighted by molar-refractivity contribution is 5.96. The van der Waals surface area contributed by atoms with E-state index in [9.17, 15) is 4.79 Å². The van der Waals surface area contributed by atoms with Gasteiger partial charge in [0.2, 0.25) is 0 Å². The summed E-state index contributed by atoms with van der Waals surface area (Å²) in [6.07, 6.45) is 4.28. The van der Waals surface area contributed by atoms with Crippen LogP contribution in [0.4, 0.5) is 5.69 Å². The molecule has 76 valence electrons. The Balaban J connectivity index is 2.45. The van der Waals surface area contributed by atoms with Crippen molar-refractivity contribution in [2.24, 2.45) is 5.73 Å². The van der Waals surface area contributed by atoms with Crippen molar-refractivity contribution in [2.45, 2.75) is 32.2 Å². The summed E-state index contributed by atoms with van der Waals surface area (Å²) in [6.45, 7) is 0.840. The molecule has 0 aliphatic carbocycles. The van der Waals surface area contributed by atoms with Crippen LogP contribution >= 0.6 is 0 Å². The lowest BCUT2D eigenvalue weighted by Crippen LogP contribution is -2.14. The van der Waals surface area contributed by atoms with Crippen LogP contribution in [0.1, 0.15) is 35.4 Å². The maximum atomic E-state index is 11.0. The van der Waals surface area contributed by atoms with Crippen molar-refractivity contribution in [1.82, 2.24) is 9.78 Å². The summed E-state index contributed by atoms with van der Waals surface area (Å²) in [5, 5.41) is 4.13. The number of nitrogen functional groups attached to an aromatic ring is 1. The third kappa shape index (κ3) is 1.34. The Morgan fingerprint density at radius 1 is 1.36 bits per heavy atom. The van der Waals surface area contributed by atoms with Crippen molar-refractivity contribution in [3.05, 3.63) is 11.4 Å². The van der Waals surface area contributed by atoms with Crippen LogP contribution in [-0.2, 0) is 13.0 Å². The van der Waals surface area contributed by atoms with Gasteiger partial charge in [-0.15, -0.1) is 0 Å². The molecule has 1 amide bonds. The second kappa shape index (κ2) is 3.32. The van der Waals surface area contributed by atoms with Gasteiger partial charge in [-0.2, -0.15) is 5.10 Å². The van der Waals surface area contributed by atoms with Gasteiger partial charge in [0.05, 0.1) is 11.4 Å². The molecule has 4 N–H and O–H groups in total. The lowest BCUT2D eigenvalue weighted by molar-refractivity contribution is 0.0995. The number of rotatable bonds is 1. The summed E-state index contributed by atoms with van der Waals surface area (Å²) in [4.78, 5) is 11.0. The number of carbonyl (C=O) groups is 1. The van der Waals surface area contributed by atoms with Gasteiger partial charge in [-0.05, 0) is 19.3 Å². The van der Waals surface area contributed by atoms with Crippen LogP contribution in [0.2, 0.25) is 0 Å². The number of fused-ring (bicyclic) bond motifs is 1. The number of nitrogens with two attached hydrogens (primary N) is 2. The first-order chi connectivity index (χ1) is 6.70. The minimum absolute atomic E-state index is 0.224. The third-order valence-corrected chi connectivity index (χ3v) is 2.62. The van der Waals surface area contributed by atoms with Gasteiger partial charge in [0.15, 0.2) is 5.69 Å². The molecule has 0 radical (unpaired) electrons. The van der Waals surface area contributed by atoms with E-state index in [1.165, 1.54) is 6.42 Å². The molecule has 1 aromatic heterocycles. The van der Waals surface area contributed by atoms with Crippen LogP contribution in [0.15, 0.2) is 0 Å². The second-order valence-electron chi connectivity index (χ2n) is 3.61. The highest BCUT2D eigenvalue weighted by Crippen LogP contribution is 2.22. The third-order valence-electron chi connectivity index (χ3n) is 2.62. The van der Waals surface area contributed by atoms with E-state index in [0.717, 1.165) is 31.5 Å². The maximum absolute atomic E-state index is 11.0. The second-order valence-corrected chi connectivity index (χ2v) is 3.61. The van der Waals surface area contributed by atoms with Crippen molar-refractivity contribution in [1.29, 1.82) is 0 Å². The zero-order chi connectivity index (χ0) is 10.1. The number of hydrogen-bond acceptors (Lipinski definition) is 3. The summed E-state index contributed by atoms with van der Waals surface area (Å²) >= 11 is 0. The first-order valence-corrected chi connectivity index (χ1v) is 4.85. The fraction of sp³-hybridized carbons (Fsp3) is 0.556. The van der Waals surface area contributed by atoms with Crippen molar-refractivity contribution in [3.8, 4) is 0 Å². The van der Waals surface area contributed by atoms with Gasteiger partial charge in [0.1, 0.15) is 0 Å². The lowest BCUT2D eigenvalue weighted by Gasteiger charge is -2.00. The first kappa shape index (κ1) is 9.05. The highest BCUT2D eigenvalue weighted by Gasteiger charge is 2.19. The molecule has 1 aliphatic rings. The van der Waals surface area contributed by atoms with E-state index < -0.39 is 5.91 Å². The van der Waals surface area contributed by atoms with E-state index in [-0.39, 0.29) is 5.69 Å². The molecule has 0 saturated heterocycles. The molecule has 1 aromatic rings. The zero-order valence-electron chi connectivity index (χ0n) is 7.99. The average molecular weight is 194 g/mol. The molecule has 2 rings (SSSR count). The number of anilines is 1. The summed E-state index contributed by atoms with van der Waals surface area (Å²) in [7, 11) is 0. The molecular weight excluding hydrogens is 180 g/mol. The zero-order valence-corrected chi connectivity index (χ0v) is 7.99. The fourth-order valence-electron chi connectivity index (χ4n) is 1.87. The van der Waals surface area contributed by atoms with E-state index >= 15 is 0 Å². The van der Waals surface area contributed by atoms with Crippen molar-refractivity contribution >= 4 is 11.6 Å². The summed E-state index contributed by atoms with van der Waals surface area (Å²) < 4.78 is 1.82. The minimum atomic E-state index is -0.539. The van der Waals surface area contributed by atoms with Gasteiger partial charge >= 0.3 is 0 Å². The number of hydrogen-bond donors (Lipinski definition) is 2. The standard InChI is InChI=1S/C9H14N4O/c10-7-6-4-2-1-3-5-13(6)12-8(7)9(11)14/h1-5,10H2,(H2,11,14). The van der Waals surface area contributed by atoms with E-state index in [2.05, 4.69) is 5.10 Å². The topological polar surface area (TPSA) is 86.9 Å². The van der Waals surface area contributed by atoms with Crippen LogP contribution in [0.25, 0.3) is 0 Å². The predicted octanol–water partition coefficient (Wildman–Crippen LogP) is 0.291. The highest BCUT2D eigenvalue weighted by atomic mass is 16.1. The smallest absolute Gasteiger partial charge is 0.271 e. The molecule has 5 heteroatoms. The van der Waals surface area contributed by atoms with E-state index in [1.54, 1.807) is 0 Å². The predicted molar refractivity (Wildman–Crippen MR) is 52.7 cm³/mol.